The summed E-state index contributed by atoms with van der Waals surface area (Å²) < 4.78 is 13.0. The van der Waals surface area contributed by atoms with Crippen LogP contribution in [0.15, 0.2) is 5.16 Å². The number of hydrogen-bond donors (Lipinski definition) is 2. The molecular weight excluding hydrogens is 309 g/mol. The number of aliphatic hydroxyl groups is 1. The molecule has 0 spiro atoms. The Morgan fingerprint density at radius 2 is 2.09 bits per heavy atom. The molecule has 0 bridgehead atoms. The summed E-state index contributed by atoms with van der Waals surface area (Å²) in [5.74, 6) is 0. The summed E-state index contributed by atoms with van der Waals surface area (Å²) in [5.41, 5.74) is -0.138. The average molecular weight is 336 g/mol. The third-order valence-corrected chi connectivity index (χ3v) is 5.13. The number of nitrogens with zero attached hydrogens (tertiary/aromatic N) is 2. The van der Waals surface area contributed by atoms with Crippen LogP contribution in [0.5, 0.6) is 0 Å². The largest absolute Gasteiger partial charge is 0.392 e. The van der Waals surface area contributed by atoms with E-state index in [0.29, 0.717) is 37.6 Å². The zero-order valence-electron chi connectivity index (χ0n) is 13.2. The van der Waals surface area contributed by atoms with Crippen LogP contribution in [-0.2, 0) is 4.84 Å². The van der Waals surface area contributed by atoms with Gasteiger partial charge in [0.15, 0.2) is 5.17 Å². The van der Waals surface area contributed by atoms with Crippen molar-refractivity contribution in [3.8, 4) is 0 Å². The second-order valence-electron chi connectivity index (χ2n) is 6.62. The van der Waals surface area contributed by atoms with Crippen LogP contribution in [0.2, 0.25) is 0 Å². The Balaban J connectivity index is 1.69. The first-order valence-corrected chi connectivity index (χ1v) is 8.48. The van der Waals surface area contributed by atoms with E-state index in [9.17, 15) is 9.50 Å². The molecule has 2 saturated heterocycles. The molecule has 0 aliphatic carbocycles. The van der Waals surface area contributed by atoms with Gasteiger partial charge in [0.05, 0.1) is 0 Å². The SMILES string of the molecule is CC1(C(Cl)=NOCC(O)CN2CCC(F)CC2)CCNCC1. The van der Waals surface area contributed by atoms with E-state index in [-0.39, 0.29) is 12.0 Å². The van der Waals surface area contributed by atoms with Crippen molar-refractivity contribution in [1.82, 2.24) is 10.2 Å². The topological polar surface area (TPSA) is 57.1 Å². The van der Waals surface area contributed by atoms with Gasteiger partial charge in [0.25, 0.3) is 0 Å². The molecule has 0 saturated carbocycles. The summed E-state index contributed by atoms with van der Waals surface area (Å²) in [6.45, 7) is 5.91. The van der Waals surface area contributed by atoms with Crippen LogP contribution < -0.4 is 5.32 Å². The van der Waals surface area contributed by atoms with Crippen molar-refractivity contribution in [3.63, 3.8) is 0 Å². The lowest BCUT2D eigenvalue weighted by Gasteiger charge is -2.32. The maximum atomic E-state index is 13.0. The van der Waals surface area contributed by atoms with Crippen LogP contribution >= 0.6 is 11.6 Å². The van der Waals surface area contributed by atoms with Gasteiger partial charge in [-0.25, -0.2) is 4.39 Å². The molecule has 7 heteroatoms. The zero-order chi connectivity index (χ0) is 16.0. The zero-order valence-corrected chi connectivity index (χ0v) is 14.0. The fourth-order valence-electron chi connectivity index (χ4n) is 2.91. The van der Waals surface area contributed by atoms with Crippen molar-refractivity contribution in [1.29, 1.82) is 0 Å². The number of β-amino-alcohol motifs (C(OH)–C–C–N with tert-alkyl or cyclic N) is 1. The maximum Gasteiger partial charge on any atom is 0.151 e. The molecule has 2 N–H and O–H groups in total. The fourth-order valence-corrected chi connectivity index (χ4v) is 3.15. The number of hydrogen-bond acceptors (Lipinski definition) is 5. The first-order chi connectivity index (χ1) is 10.5. The minimum atomic E-state index is -0.696. The highest BCUT2D eigenvalue weighted by atomic mass is 35.5. The van der Waals surface area contributed by atoms with E-state index in [1.54, 1.807) is 0 Å². The van der Waals surface area contributed by atoms with Crippen molar-refractivity contribution in [2.75, 3.05) is 39.3 Å². The molecule has 2 fully saturated rings. The van der Waals surface area contributed by atoms with Crippen LogP contribution in [-0.4, -0.2) is 66.8 Å². The van der Waals surface area contributed by atoms with E-state index in [4.69, 9.17) is 16.4 Å². The Hall–Kier alpha value is -0.430. The van der Waals surface area contributed by atoms with Gasteiger partial charge >= 0.3 is 0 Å². The molecule has 2 aliphatic rings. The number of alkyl halides is 1. The third kappa shape index (κ3) is 5.33. The third-order valence-electron chi connectivity index (χ3n) is 4.60. The number of rotatable bonds is 6. The van der Waals surface area contributed by atoms with Crippen LogP contribution in [0.1, 0.15) is 32.6 Å². The number of aliphatic hydroxyl groups excluding tert-OH is 1. The van der Waals surface area contributed by atoms with Crippen molar-refractivity contribution in [3.05, 3.63) is 0 Å². The van der Waals surface area contributed by atoms with Crippen molar-refractivity contribution in [2.45, 2.75) is 44.9 Å². The van der Waals surface area contributed by atoms with E-state index in [1.807, 2.05) is 0 Å². The lowest BCUT2D eigenvalue weighted by Crippen LogP contribution is -2.40. The molecule has 0 amide bonds. The molecule has 2 rings (SSSR count). The highest BCUT2D eigenvalue weighted by Crippen LogP contribution is 2.31. The molecule has 1 atom stereocenters. The van der Waals surface area contributed by atoms with E-state index in [1.165, 1.54) is 0 Å². The molecule has 22 heavy (non-hydrogen) atoms. The second kappa shape index (κ2) is 8.43. The molecule has 0 aromatic carbocycles. The van der Waals surface area contributed by atoms with Crippen molar-refractivity contribution < 1.29 is 14.3 Å². The lowest BCUT2D eigenvalue weighted by molar-refractivity contribution is 0.0104. The standard InChI is InChI=1S/C15H27ClFN3O2/c1-15(4-6-18-7-5-15)14(16)19-22-11-13(21)10-20-8-2-12(17)3-9-20/h12-13,18,21H,2-11H2,1H3. The van der Waals surface area contributed by atoms with Crippen molar-refractivity contribution in [2.24, 2.45) is 10.6 Å². The smallest absolute Gasteiger partial charge is 0.151 e. The monoisotopic (exact) mass is 335 g/mol. The first kappa shape index (κ1) is 17.9. The first-order valence-electron chi connectivity index (χ1n) is 8.11. The van der Waals surface area contributed by atoms with Crippen molar-refractivity contribution >= 4 is 16.8 Å². The van der Waals surface area contributed by atoms with E-state index in [2.05, 4.69) is 22.3 Å². The van der Waals surface area contributed by atoms with Crippen LogP contribution in [0.4, 0.5) is 4.39 Å². The molecule has 5 nitrogen and oxygen atoms in total. The summed E-state index contributed by atoms with van der Waals surface area (Å²) in [6.07, 6.45) is 1.62. The van der Waals surface area contributed by atoms with Crippen LogP contribution in [0.25, 0.3) is 0 Å². The minimum Gasteiger partial charge on any atom is -0.392 e. The molecule has 0 aromatic heterocycles. The Morgan fingerprint density at radius 3 is 2.73 bits per heavy atom. The second-order valence-corrected chi connectivity index (χ2v) is 6.98. The summed E-state index contributed by atoms with van der Waals surface area (Å²) in [7, 11) is 0. The number of halogens is 2. The summed E-state index contributed by atoms with van der Waals surface area (Å²) in [5, 5.41) is 17.7. The van der Waals surface area contributed by atoms with E-state index >= 15 is 0 Å². The van der Waals surface area contributed by atoms with Gasteiger partial charge < -0.3 is 20.2 Å². The minimum absolute atomic E-state index is 0.111. The molecule has 0 radical (unpaired) electrons. The fraction of sp³-hybridized carbons (Fsp3) is 0.933. The Bertz CT molecular complexity index is 370. The molecule has 2 aliphatic heterocycles. The molecular formula is C15H27ClFN3O2. The van der Waals surface area contributed by atoms with Gasteiger partial charge in [-0.05, 0) is 38.8 Å². The predicted molar refractivity (Wildman–Crippen MR) is 86.0 cm³/mol. The number of oxime groups is 1. The average Bonchev–Trinajstić information content (AvgIpc) is 2.50. The van der Waals surface area contributed by atoms with Gasteiger partial charge in [-0.15, -0.1) is 0 Å². The summed E-state index contributed by atoms with van der Waals surface area (Å²) in [6, 6.07) is 0. The maximum absolute atomic E-state index is 13.0. The van der Waals surface area contributed by atoms with Gasteiger partial charge in [-0.2, -0.15) is 0 Å². The Morgan fingerprint density at radius 1 is 1.45 bits per heavy atom. The molecule has 1 unspecified atom stereocenters. The number of piperidine rings is 2. The normalized spacial score (nSPS) is 25.9. The van der Waals surface area contributed by atoms with E-state index < -0.39 is 12.3 Å². The van der Waals surface area contributed by atoms with Gasteiger partial charge in [0, 0.05) is 25.0 Å². The molecule has 128 valence electrons. The van der Waals surface area contributed by atoms with E-state index in [0.717, 1.165) is 25.9 Å². The van der Waals surface area contributed by atoms with Gasteiger partial charge in [-0.3, -0.25) is 0 Å². The van der Waals surface area contributed by atoms with Gasteiger partial charge in [-0.1, -0.05) is 23.7 Å². The van der Waals surface area contributed by atoms with Crippen LogP contribution in [0, 0.1) is 5.41 Å². The predicted octanol–water partition coefficient (Wildman–Crippen LogP) is 1.74. The van der Waals surface area contributed by atoms with Gasteiger partial charge in [0.2, 0.25) is 0 Å². The number of likely N-dealkylation sites (tertiary alicyclic amines) is 1. The number of nitrogens with one attached hydrogen (secondary N) is 1. The highest BCUT2D eigenvalue weighted by molar-refractivity contribution is 6.66. The van der Waals surface area contributed by atoms with Crippen LogP contribution in [0.3, 0.4) is 0 Å². The Kier molecular flexibility index (Phi) is 6.87. The molecule has 0 aromatic rings. The Labute approximate surface area is 136 Å². The highest BCUT2D eigenvalue weighted by Gasteiger charge is 2.32. The summed E-state index contributed by atoms with van der Waals surface area (Å²) >= 11 is 6.26. The summed E-state index contributed by atoms with van der Waals surface area (Å²) in [4.78, 5) is 7.28. The lowest BCUT2D eigenvalue weighted by atomic mass is 9.82. The molecule has 2 heterocycles. The van der Waals surface area contributed by atoms with Gasteiger partial charge in [0.1, 0.15) is 18.9 Å². The quantitative estimate of drug-likeness (QED) is 0.573.